The van der Waals surface area contributed by atoms with E-state index >= 15 is 0 Å². The molecule has 1 aromatic heterocycles. The van der Waals surface area contributed by atoms with Gasteiger partial charge in [0.05, 0.1) is 0 Å². The minimum Gasteiger partial charge on any atom is -0.480 e. The Bertz CT molecular complexity index is 565. The van der Waals surface area contributed by atoms with E-state index in [0.717, 1.165) is 5.56 Å². The first-order valence-electron chi connectivity index (χ1n) is 5.80. The zero-order chi connectivity index (χ0) is 13.7. The first-order chi connectivity index (χ1) is 9.13. The van der Waals surface area contributed by atoms with Crippen molar-refractivity contribution in [2.24, 2.45) is 0 Å². The number of hydrogen-bond donors (Lipinski definition) is 1. The fraction of sp³-hybridized carbons (Fsp3) is 0.308. The van der Waals surface area contributed by atoms with Gasteiger partial charge >= 0.3 is 5.97 Å². The first kappa shape index (κ1) is 13.2. The minimum absolute atomic E-state index is 0.00706. The molecule has 2 rings (SSSR count). The van der Waals surface area contributed by atoms with Crippen LogP contribution in [0.15, 0.2) is 28.8 Å². The highest BCUT2D eigenvalue weighted by Gasteiger charge is 2.08. The molecule has 0 saturated carbocycles. The van der Waals surface area contributed by atoms with Crippen molar-refractivity contribution >= 4 is 5.97 Å². The summed E-state index contributed by atoms with van der Waals surface area (Å²) >= 11 is 0. The standard InChI is InChI=1S/C13H14N2O4/c1-9-3-2-4-10(5-9)6-11-14-12(19-15-11)7-18-8-13(16)17/h2-5H,6-8H2,1H3,(H,16,17). The average molecular weight is 262 g/mol. The quantitative estimate of drug-likeness (QED) is 0.850. The summed E-state index contributed by atoms with van der Waals surface area (Å²) in [6, 6.07) is 8.04. The van der Waals surface area contributed by atoms with Gasteiger partial charge in [-0.2, -0.15) is 4.98 Å². The Morgan fingerprint density at radius 1 is 1.47 bits per heavy atom. The Labute approximate surface area is 110 Å². The van der Waals surface area contributed by atoms with Gasteiger partial charge in [-0.3, -0.25) is 0 Å². The summed E-state index contributed by atoms with van der Waals surface area (Å²) in [4.78, 5) is 14.4. The Morgan fingerprint density at radius 3 is 3.05 bits per heavy atom. The molecule has 0 unspecified atom stereocenters. The Hall–Kier alpha value is -2.21. The maximum absolute atomic E-state index is 10.3. The highest BCUT2D eigenvalue weighted by atomic mass is 16.5. The molecule has 100 valence electrons. The van der Waals surface area contributed by atoms with E-state index < -0.39 is 5.97 Å². The lowest BCUT2D eigenvalue weighted by atomic mass is 10.1. The third-order valence-corrected chi connectivity index (χ3v) is 2.41. The zero-order valence-electron chi connectivity index (χ0n) is 10.5. The van der Waals surface area contributed by atoms with E-state index in [2.05, 4.69) is 16.2 Å². The van der Waals surface area contributed by atoms with E-state index in [-0.39, 0.29) is 19.1 Å². The van der Waals surface area contributed by atoms with Crippen LogP contribution in [0, 0.1) is 6.92 Å². The van der Waals surface area contributed by atoms with E-state index in [1.54, 1.807) is 0 Å². The van der Waals surface area contributed by atoms with E-state index in [9.17, 15) is 4.79 Å². The van der Waals surface area contributed by atoms with Crippen LogP contribution in [0.2, 0.25) is 0 Å². The minimum atomic E-state index is -1.03. The summed E-state index contributed by atoms with van der Waals surface area (Å²) in [6.07, 6.45) is 0.574. The van der Waals surface area contributed by atoms with Crippen molar-refractivity contribution in [2.75, 3.05) is 6.61 Å². The van der Waals surface area contributed by atoms with Gasteiger partial charge in [-0.25, -0.2) is 4.79 Å². The molecule has 19 heavy (non-hydrogen) atoms. The number of aromatic nitrogens is 2. The highest BCUT2D eigenvalue weighted by molar-refractivity contribution is 5.67. The van der Waals surface area contributed by atoms with E-state index in [1.807, 2.05) is 25.1 Å². The number of carboxylic acids is 1. The zero-order valence-corrected chi connectivity index (χ0v) is 10.5. The van der Waals surface area contributed by atoms with Gasteiger partial charge in [0.1, 0.15) is 13.2 Å². The van der Waals surface area contributed by atoms with Crippen LogP contribution >= 0.6 is 0 Å². The fourth-order valence-corrected chi connectivity index (χ4v) is 1.65. The number of aryl methyl sites for hydroxylation is 1. The lowest BCUT2D eigenvalue weighted by molar-refractivity contribution is -0.142. The Kier molecular flexibility index (Phi) is 4.25. The third-order valence-electron chi connectivity index (χ3n) is 2.41. The monoisotopic (exact) mass is 262 g/mol. The number of hydrogen-bond acceptors (Lipinski definition) is 5. The summed E-state index contributed by atoms with van der Waals surface area (Å²) in [6.45, 7) is 1.65. The molecule has 1 N–H and O–H groups in total. The molecule has 0 bridgehead atoms. The van der Waals surface area contributed by atoms with Crippen LogP contribution in [0.4, 0.5) is 0 Å². The van der Waals surface area contributed by atoms with E-state index in [4.69, 9.17) is 14.4 Å². The van der Waals surface area contributed by atoms with Gasteiger partial charge in [0, 0.05) is 6.42 Å². The van der Waals surface area contributed by atoms with Crippen LogP contribution in [-0.4, -0.2) is 27.8 Å². The number of benzene rings is 1. The molecule has 0 aliphatic carbocycles. The third kappa shape index (κ3) is 4.18. The summed E-state index contributed by atoms with van der Waals surface area (Å²) in [5, 5.41) is 12.3. The number of ether oxygens (including phenoxy) is 1. The number of carboxylic acid groups (broad SMARTS) is 1. The van der Waals surface area contributed by atoms with Crippen LogP contribution in [0.5, 0.6) is 0 Å². The highest BCUT2D eigenvalue weighted by Crippen LogP contribution is 2.09. The SMILES string of the molecule is Cc1cccc(Cc2noc(COCC(=O)O)n2)c1. The normalized spacial score (nSPS) is 10.6. The van der Waals surface area contributed by atoms with Crippen LogP contribution in [0.1, 0.15) is 22.8 Å². The summed E-state index contributed by atoms with van der Waals surface area (Å²) < 4.78 is 9.84. The summed E-state index contributed by atoms with van der Waals surface area (Å²) in [7, 11) is 0. The van der Waals surface area contributed by atoms with Crippen LogP contribution in [0.25, 0.3) is 0 Å². The van der Waals surface area contributed by atoms with Gasteiger partial charge in [0.2, 0.25) is 0 Å². The molecule has 1 heterocycles. The van der Waals surface area contributed by atoms with Crippen LogP contribution in [-0.2, 0) is 22.6 Å². The van der Waals surface area contributed by atoms with Crippen molar-refractivity contribution in [3.63, 3.8) is 0 Å². The molecule has 2 aromatic rings. The van der Waals surface area contributed by atoms with Gasteiger partial charge in [-0.05, 0) is 12.5 Å². The average Bonchev–Trinajstić information content (AvgIpc) is 2.76. The second kappa shape index (κ2) is 6.10. The molecule has 6 heteroatoms. The second-order valence-electron chi connectivity index (χ2n) is 4.16. The smallest absolute Gasteiger partial charge is 0.329 e. The molecule has 0 aliphatic rings. The molecule has 0 radical (unpaired) electrons. The van der Waals surface area contributed by atoms with Crippen molar-refractivity contribution < 1.29 is 19.2 Å². The topological polar surface area (TPSA) is 85.5 Å². The molecule has 0 aliphatic heterocycles. The maximum Gasteiger partial charge on any atom is 0.329 e. The second-order valence-corrected chi connectivity index (χ2v) is 4.16. The molecular formula is C13H14N2O4. The summed E-state index contributed by atoms with van der Waals surface area (Å²) in [5.74, 6) is -0.192. The number of carbonyl (C=O) groups is 1. The lowest BCUT2D eigenvalue weighted by Crippen LogP contribution is -2.06. The lowest BCUT2D eigenvalue weighted by Gasteiger charge is -1.98. The van der Waals surface area contributed by atoms with E-state index in [0.29, 0.717) is 12.2 Å². The molecule has 1 aromatic carbocycles. The molecule has 0 saturated heterocycles. The van der Waals surface area contributed by atoms with Crippen LogP contribution < -0.4 is 0 Å². The molecule has 0 atom stereocenters. The molecule has 0 fully saturated rings. The number of rotatable bonds is 6. The predicted octanol–water partition coefficient (Wildman–Crippen LogP) is 1.57. The van der Waals surface area contributed by atoms with Crippen molar-refractivity contribution in [3.8, 4) is 0 Å². The van der Waals surface area contributed by atoms with Gasteiger partial charge in [-0.15, -0.1) is 0 Å². The predicted molar refractivity (Wildman–Crippen MR) is 65.6 cm³/mol. The van der Waals surface area contributed by atoms with Gasteiger partial charge in [0.25, 0.3) is 5.89 Å². The number of aliphatic carboxylic acids is 1. The fourth-order valence-electron chi connectivity index (χ4n) is 1.65. The van der Waals surface area contributed by atoms with Crippen molar-refractivity contribution in [3.05, 3.63) is 47.1 Å². The molecule has 0 amide bonds. The largest absolute Gasteiger partial charge is 0.480 e. The van der Waals surface area contributed by atoms with Gasteiger partial charge in [0.15, 0.2) is 5.82 Å². The van der Waals surface area contributed by atoms with Crippen molar-refractivity contribution in [1.29, 1.82) is 0 Å². The van der Waals surface area contributed by atoms with Crippen molar-refractivity contribution in [2.45, 2.75) is 20.0 Å². The maximum atomic E-state index is 10.3. The Morgan fingerprint density at radius 2 is 2.32 bits per heavy atom. The summed E-state index contributed by atoms with van der Waals surface area (Å²) in [5.41, 5.74) is 2.27. The van der Waals surface area contributed by atoms with E-state index in [1.165, 1.54) is 5.56 Å². The number of nitrogens with zero attached hydrogens (tertiary/aromatic N) is 2. The molecule has 6 nitrogen and oxygen atoms in total. The van der Waals surface area contributed by atoms with Gasteiger partial charge in [-0.1, -0.05) is 35.0 Å². The Balaban J connectivity index is 1.92. The van der Waals surface area contributed by atoms with Crippen LogP contribution in [0.3, 0.4) is 0 Å². The first-order valence-corrected chi connectivity index (χ1v) is 5.80. The van der Waals surface area contributed by atoms with Gasteiger partial charge < -0.3 is 14.4 Å². The molecular weight excluding hydrogens is 248 g/mol. The molecule has 0 spiro atoms. The van der Waals surface area contributed by atoms with Crippen molar-refractivity contribution in [1.82, 2.24) is 10.1 Å².